The summed E-state index contributed by atoms with van der Waals surface area (Å²) in [6.45, 7) is 6.39. The van der Waals surface area contributed by atoms with Gasteiger partial charge in [0.15, 0.2) is 5.78 Å². The molecule has 2 nitrogen and oxygen atoms in total. The van der Waals surface area contributed by atoms with Crippen LogP contribution in [0.2, 0.25) is 0 Å². The number of aliphatic hydroxyl groups is 1. The molecule has 15 heavy (non-hydrogen) atoms. The molecule has 1 rings (SSSR count). The SMILES string of the molecule is CC(C)(C)CCC(=O)C1(O)CCCCC1. The van der Waals surface area contributed by atoms with Crippen LogP contribution in [0.25, 0.3) is 0 Å². The highest BCUT2D eigenvalue weighted by molar-refractivity contribution is 5.87. The zero-order valence-corrected chi connectivity index (χ0v) is 10.3. The predicted octanol–water partition coefficient (Wildman–Crippen LogP) is 3.08. The van der Waals surface area contributed by atoms with Crippen molar-refractivity contribution >= 4 is 5.78 Å². The van der Waals surface area contributed by atoms with Gasteiger partial charge < -0.3 is 5.11 Å². The quantitative estimate of drug-likeness (QED) is 0.780. The van der Waals surface area contributed by atoms with Crippen LogP contribution in [0, 0.1) is 5.41 Å². The van der Waals surface area contributed by atoms with Gasteiger partial charge >= 0.3 is 0 Å². The van der Waals surface area contributed by atoms with Crippen molar-refractivity contribution in [3.63, 3.8) is 0 Å². The Morgan fingerprint density at radius 2 is 1.73 bits per heavy atom. The van der Waals surface area contributed by atoms with Crippen LogP contribution in [0.1, 0.15) is 65.7 Å². The molecule has 0 amide bonds. The largest absolute Gasteiger partial charge is 0.382 e. The third-order valence-corrected chi connectivity index (χ3v) is 3.30. The summed E-state index contributed by atoms with van der Waals surface area (Å²) < 4.78 is 0. The number of carbonyl (C=O) groups is 1. The van der Waals surface area contributed by atoms with E-state index in [2.05, 4.69) is 20.8 Å². The van der Waals surface area contributed by atoms with Gasteiger partial charge in [-0.15, -0.1) is 0 Å². The van der Waals surface area contributed by atoms with Crippen LogP contribution in [0.3, 0.4) is 0 Å². The van der Waals surface area contributed by atoms with E-state index in [1.165, 1.54) is 0 Å². The van der Waals surface area contributed by atoms with Gasteiger partial charge in [-0.2, -0.15) is 0 Å². The molecular formula is C13H24O2. The molecule has 0 aromatic heterocycles. The molecule has 1 N–H and O–H groups in total. The van der Waals surface area contributed by atoms with Gasteiger partial charge in [-0.05, 0) is 24.7 Å². The number of Topliss-reactive ketones (excluding diaryl/α,β-unsaturated/α-hetero) is 1. The Hall–Kier alpha value is -0.370. The number of hydrogen-bond acceptors (Lipinski definition) is 2. The lowest BCUT2D eigenvalue weighted by atomic mass is 9.78. The Morgan fingerprint density at radius 1 is 1.20 bits per heavy atom. The van der Waals surface area contributed by atoms with Crippen LogP contribution in [0.4, 0.5) is 0 Å². The zero-order valence-electron chi connectivity index (χ0n) is 10.3. The lowest BCUT2D eigenvalue weighted by molar-refractivity contribution is -0.141. The fourth-order valence-corrected chi connectivity index (χ4v) is 2.14. The van der Waals surface area contributed by atoms with E-state index >= 15 is 0 Å². The Morgan fingerprint density at radius 3 is 2.20 bits per heavy atom. The molecule has 88 valence electrons. The Labute approximate surface area is 93.1 Å². The van der Waals surface area contributed by atoms with E-state index in [0.29, 0.717) is 19.3 Å². The molecule has 0 spiro atoms. The number of ketones is 1. The minimum Gasteiger partial charge on any atom is -0.382 e. The highest BCUT2D eigenvalue weighted by Crippen LogP contribution is 2.31. The molecule has 0 unspecified atom stereocenters. The van der Waals surface area contributed by atoms with Crippen LogP contribution < -0.4 is 0 Å². The van der Waals surface area contributed by atoms with Crippen LogP contribution >= 0.6 is 0 Å². The molecule has 0 bridgehead atoms. The van der Waals surface area contributed by atoms with Crippen molar-refractivity contribution in [1.82, 2.24) is 0 Å². The molecule has 0 aromatic rings. The van der Waals surface area contributed by atoms with Crippen molar-refractivity contribution in [2.75, 3.05) is 0 Å². The highest BCUT2D eigenvalue weighted by Gasteiger charge is 2.36. The fraction of sp³-hybridized carbons (Fsp3) is 0.923. The zero-order chi connectivity index (χ0) is 11.5. The topological polar surface area (TPSA) is 37.3 Å². The second-order valence-corrected chi connectivity index (χ2v) is 6.08. The first-order valence-corrected chi connectivity index (χ1v) is 6.09. The summed E-state index contributed by atoms with van der Waals surface area (Å²) in [5.74, 6) is 0.0668. The number of rotatable bonds is 3. The molecule has 0 radical (unpaired) electrons. The predicted molar refractivity (Wildman–Crippen MR) is 61.7 cm³/mol. The van der Waals surface area contributed by atoms with Gasteiger partial charge in [0, 0.05) is 6.42 Å². The molecule has 0 saturated heterocycles. The average molecular weight is 212 g/mol. The second kappa shape index (κ2) is 4.65. The molecule has 1 aliphatic carbocycles. The van der Waals surface area contributed by atoms with Gasteiger partial charge in [-0.3, -0.25) is 4.79 Å². The normalized spacial score (nSPS) is 21.3. The summed E-state index contributed by atoms with van der Waals surface area (Å²) in [6, 6.07) is 0. The van der Waals surface area contributed by atoms with E-state index in [1.807, 2.05) is 0 Å². The van der Waals surface area contributed by atoms with Gasteiger partial charge in [0.2, 0.25) is 0 Å². The van der Waals surface area contributed by atoms with Gasteiger partial charge in [0.25, 0.3) is 0 Å². The summed E-state index contributed by atoms with van der Waals surface area (Å²) >= 11 is 0. The van der Waals surface area contributed by atoms with Crippen LogP contribution in [0.5, 0.6) is 0 Å². The summed E-state index contributed by atoms with van der Waals surface area (Å²) in [5, 5.41) is 10.2. The fourth-order valence-electron chi connectivity index (χ4n) is 2.14. The van der Waals surface area contributed by atoms with Crippen molar-refractivity contribution in [2.24, 2.45) is 5.41 Å². The first-order valence-electron chi connectivity index (χ1n) is 6.09. The van der Waals surface area contributed by atoms with Crippen molar-refractivity contribution in [2.45, 2.75) is 71.3 Å². The average Bonchev–Trinajstić information content (AvgIpc) is 2.14. The second-order valence-electron chi connectivity index (χ2n) is 6.08. The van der Waals surface area contributed by atoms with Gasteiger partial charge in [-0.25, -0.2) is 0 Å². The Balaban J connectivity index is 2.45. The maximum atomic E-state index is 11.9. The van der Waals surface area contributed by atoms with Crippen molar-refractivity contribution in [1.29, 1.82) is 0 Å². The minimum absolute atomic E-state index is 0.0668. The number of hydrogen-bond donors (Lipinski definition) is 1. The molecule has 0 heterocycles. The first-order chi connectivity index (χ1) is 6.83. The van der Waals surface area contributed by atoms with E-state index in [-0.39, 0.29) is 11.2 Å². The smallest absolute Gasteiger partial charge is 0.164 e. The van der Waals surface area contributed by atoms with Gasteiger partial charge in [0.05, 0.1) is 0 Å². The third-order valence-electron chi connectivity index (χ3n) is 3.30. The molecule has 1 saturated carbocycles. The molecule has 0 aliphatic heterocycles. The summed E-state index contributed by atoms with van der Waals surface area (Å²) in [6.07, 6.45) is 5.91. The van der Waals surface area contributed by atoms with Gasteiger partial charge in [0.1, 0.15) is 5.60 Å². The van der Waals surface area contributed by atoms with Crippen molar-refractivity contribution in [3.05, 3.63) is 0 Å². The molecule has 1 aliphatic rings. The van der Waals surface area contributed by atoms with E-state index in [1.54, 1.807) is 0 Å². The standard InChI is InChI=1S/C13H24O2/c1-12(2,3)10-7-11(14)13(15)8-5-4-6-9-13/h15H,4-10H2,1-3H3. The summed E-state index contributed by atoms with van der Waals surface area (Å²) in [7, 11) is 0. The molecule has 0 atom stereocenters. The maximum Gasteiger partial charge on any atom is 0.164 e. The van der Waals surface area contributed by atoms with Crippen LogP contribution in [-0.4, -0.2) is 16.5 Å². The first kappa shape index (κ1) is 12.7. The van der Waals surface area contributed by atoms with Gasteiger partial charge in [-0.1, -0.05) is 40.0 Å². The summed E-state index contributed by atoms with van der Waals surface area (Å²) in [4.78, 5) is 11.9. The Bertz CT molecular complexity index is 219. The molecule has 2 heteroatoms. The lowest BCUT2D eigenvalue weighted by Gasteiger charge is -2.31. The highest BCUT2D eigenvalue weighted by atomic mass is 16.3. The third kappa shape index (κ3) is 3.94. The summed E-state index contributed by atoms with van der Waals surface area (Å²) in [5.41, 5.74) is -0.801. The van der Waals surface area contributed by atoms with E-state index < -0.39 is 5.60 Å². The molecule has 0 aromatic carbocycles. The Kier molecular flexibility index (Phi) is 3.93. The van der Waals surface area contributed by atoms with Crippen molar-refractivity contribution in [3.8, 4) is 0 Å². The minimum atomic E-state index is -0.983. The van der Waals surface area contributed by atoms with Crippen LogP contribution in [0.15, 0.2) is 0 Å². The van der Waals surface area contributed by atoms with E-state index in [9.17, 15) is 9.90 Å². The van der Waals surface area contributed by atoms with Crippen LogP contribution in [-0.2, 0) is 4.79 Å². The van der Waals surface area contributed by atoms with E-state index in [4.69, 9.17) is 0 Å². The number of carbonyl (C=O) groups excluding carboxylic acids is 1. The molecule has 1 fully saturated rings. The lowest BCUT2D eigenvalue weighted by Crippen LogP contribution is -2.40. The molecular weight excluding hydrogens is 188 g/mol. The van der Waals surface area contributed by atoms with Crippen molar-refractivity contribution < 1.29 is 9.90 Å². The van der Waals surface area contributed by atoms with E-state index in [0.717, 1.165) is 25.7 Å². The maximum absolute atomic E-state index is 11.9. The monoisotopic (exact) mass is 212 g/mol.